The molecule has 0 aromatic heterocycles. The summed E-state index contributed by atoms with van der Waals surface area (Å²) < 4.78 is 45.3. The van der Waals surface area contributed by atoms with E-state index in [1.54, 1.807) is 31.2 Å². The van der Waals surface area contributed by atoms with E-state index in [1.165, 1.54) is 6.08 Å². The first-order valence-electron chi connectivity index (χ1n) is 7.51. The lowest BCUT2D eigenvalue weighted by Crippen LogP contribution is -2.12. The smallest absolute Gasteiger partial charge is 0.295 e. The highest BCUT2D eigenvalue weighted by atomic mass is 35.5. The van der Waals surface area contributed by atoms with Crippen LogP contribution in [0.25, 0.3) is 0 Å². The topological polar surface area (TPSA) is 35.2 Å². The van der Waals surface area contributed by atoms with Crippen LogP contribution in [0.4, 0.5) is 13.2 Å². The number of ether oxygens (including phenoxy) is 1. The largest absolute Gasteiger partial charge is 0.482 e. The molecule has 0 saturated heterocycles. The van der Waals surface area contributed by atoms with E-state index in [1.807, 2.05) is 0 Å². The third-order valence-corrected chi connectivity index (χ3v) is 4.05. The molecule has 0 amide bonds. The van der Waals surface area contributed by atoms with Gasteiger partial charge in [0.15, 0.2) is 0 Å². The van der Waals surface area contributed by atoms with Gasteiger partial charge in [-0.3, -0.25) is 0 Å². The summed E-state index contributed by atoms with van der Waals surface area (Å²) in [5, 5.41) is -2.47. The molecule has 1 unspecified atom stereocenters. The van der Waals surface area contributed by atoms with Gasteiger partial charge >= 0.3 is 0 Å². The minimum Gasteiger partial charge on any atom is -0.482 e. The fourth-order valence-electron chi connectivity index (χ4n) is 2.01. The van der Waals surface area contributed by atoms with Crippen LogP contribution in [-0.4, -0.2) is 17.9 Å². The highest BCUT2D eigenvalue weighted by molar-refractivity contribution is 8.04. The maximum Gasteiger partial charge on any atom is 0.295 e. The molecule has 25 heavy (non-hydrogen) atoms. The highest BCUT2D eigenvalue weighted by Gasteiger charge is 2.25. The molecule has 0 aromatic rings. The second-order valence-electron chi connectivity index (χ2n) is 5.36. The zero-order chi connectivity index (χ0) is 19.0. The van der Waals surface area contributed by atoms with Crippen LogP contribution < -0.4 is 5.73 Å². The Hall–Kier alpha value is -1.37. The summed E-state index contributed by atoms with van der Waals surface area (Å²) in [4.78, 5) is 0.505. The Morgan fingerprint density at radius 3 is 2.68 bits per heavy atom. The molecule has 138 valence electrons. The molecule has 2 nitrogen and oxygen atoms in total. The Labute approximate surface area is 155 Å². The zero-order valence-electron chi connectivity index (χ0n) is 14.1. The molecule has 0 radical (unpaired) electrons. The van der Waals surface area contributed by atoms with Crippen LogP contribution in [0.15, 0.2) is 70.1 Å². The van der Waals surface area contributed by atoms with Gasteiger partial charge < -0.3 is 10.5 Å². The van der Waals surface area contributed by atoms with Crippen molar-refractivity contribution in [3.8, 4) is 0 Å². The average molecular weight is 392 g/mol. The van der Waals surface area contributed by atoms with Crippen LogP contribution in [-0.2, 0) is 4.74 Å². The highest BCUT2D eigenvalue weighted by Crippen LogP contribution is 2.38. The van der Waals surface area contributed by atoms with Gasteiger partial charge in [-0.2, -0.15) is 8.78 Å². The molecule has 2 N–H and O–H groups in total. The van der Waals surface area contributed by atoms with Crippen molar-refractivity contribution in [3.63, 3.8) is 0 Å². The van der Waals surface area contributed by atoms with E-state index in [4.69, 9.17) is 22.1 Å². The van der Waals surface area contributed by atoms with Crippen molar-refractivity contribution >= 4 is 23.4 Å². The first-order chi connectivity index (χ1) is 11.6. The van der Waals surface area contributed by atoms with Crippen LogP contribution in [0.5, 0.6) is 0 Å². The van der Waals surface area contributed by atoms with Crippen LogP contribution in [0.3, 0.4) is 0 Å². The number of thioether (sulfide) groups is 1. The monoisotopic (exact) mass is 391 g/mol. The van der Waals surface area contributed by atoms with Crippen molar-refractivity contribution < 1.29 is 17.9 Å². The second kappa shape index (κ2) is 9.94. The Bertz CT molecular complexity index is 641. The van der Waals surface area contributed by atoms with Gasteiger partial charge in [0, 0.05) is 24.6 Å². The number of allylic oxidation sites excluding steroid dienone is 6. The number of halogens is 4. The molecule has 1 aliphatic rings. The average Bonchev–Trinajstić information content (AvgIpc) is 2.41. The summed E-state index contributed by atoms with van der Waals surface area (Å²) in [5.74, 6) is -0.470. The second-order valence-corrected chi connectivity index (χ2v) is 7.37. The first-order valence-corrected chi connectivity index (χ1v) is 8.70. The van der Waals surface area contributed by atoms with Gasteiger partial charge in [-0.1, -0.05) is 42.1 Å². The van der Waals surface area contributed by atoms with Gasteiger partial charge in [-0.05, 0) is 42.1 Å². The predicted octanol–water partition coefficient (Wildman–Crippen LogP) is 5.96. The van der Waals surface area contributed by atoms with E-state index in [-0.39, 0.29) is 12.3 Å². The normalized spacial score (nSPS) is 23.9. The van der Waals surface area contributed by atoms with E-state index in [2.05, 4.69) is 6.58 Å². The van der Waals surface area contributed by atoms with Gasteiger partial charge in [0.25, 0.3) is 5.25 Å². The van der Waals surface area contributed by atoms with Gasteiger partial charge in [-0.15, -0.1) is 0 Å². The van der Waals surface area contributed by atoms with Crippen LogP contribution in [0.1, 0.15) is 20.3 Å². The molecule has 0 fully saturated rings. The minimum atomic E-state index is -2.88. The molecular weight excluding hydrogens is 371 g/mol. The SMILES string of the molecule is C=C(F)/C=C(\C=C(/C)Cl)OC1C=C/C(CN)=C(/SC(C)(F)F)C/C=C\1. The van der Waals surface area contributed by atoms with Gasteiger partial charge in [0.05, 0.1) is 0 Å². The van der Waals surface area contributed by atoms with E-state index >= 15 is 0 Å². The number of hydrogen-bond donors (Lipinski definition) is 1. The van der Waals surface area contributed by atoms with Crippen molar-refractivity contribution in [2.24, 2.45) is 5.73 Å². The fraction of sp³-hybridized carbons (Fsp3) is 0.333. The Morgan fingerprint density at radius 1 is 1.48 bits per heavy atom. The molecule has 1 rings (SSSR count). The zero-order valence-corrected chi connectivity index (χ0v) is 15.6. The molecular formula is C18H21ClF3NOS. The lowest BCUT2D eigenvalue weighted by molar-refractivity contribution is 0.129. The van der Waals surface area contributed by atoms with Crippen LogP contribution in [0.2, 0.25) is 0 Å². The molecule has 0 aliphatic heterocycles. The molecule has 1 aliphatic carbocycles. The summed E-state index contributed by atoms with van der Waals surface area (Å²) in [7, 11) is 0. The van der Waals surface area contributed by atoms with Crippen molar-refractivity contribution in [2.45, 2.75) is 31.6 Å². The summed E-state index contributed by atoms with van der Waals surface area (Å²) in [6.07, 6.45) is 9.11. The summed E-state index contributed by atoms with van der Waals surface area (Å²) in [6.45, 7) is 5.77. The number of rotatable bonds is 7. The standard InChI is InChI=1S/C18H21ClF3NOS/c1-12(19)9-16(10-13(2)20)24-15-5-4-6-17(25-18(3,21)22)14(11-23)7-8-15/h4-5,7-10,15H,2,6,11,23H2,1,3H3/b5-4-,8-7?,12-9+,16-10+,17-14-. The van der Waals surface area contributed by atoms with Gasteiger partial charge in [-0.25, -0.2) is 4.39 Å². The van der Waals surface area contributed by atoms with Crippen molar-refractivity contribution in [1.82, 2.24) is 0 Å². The molecule has 0 heterocycles. The van der Waals surface area contributed by atoms with E-state index in [0.717, 1.165) is 13.0 Å². The van der Waals surface area contributed by atoms with Gasteiger partial charge in [0.2, 0.25) is 0 Å². The summed E-state index contributed by atoms with van der Waals surface area (Å²) in [5.41, 5.74) is 6.29. The summed E-state index contributed by atoms with van der Waals surface area (Å²) >= 11 is 6.30. The van der Waals surface area contributed by atoms with Crippen molar-refractivity contribution in [1.29, 1.82) is 0 Å². The van der Waals surface area contributed by atoms with Crippen LogP contribution in [0, 0.1) is 0 Å². The summed E-state index contributed by atoms with van der Waals surface area (Å²) in [6, 6.07) is 0. The quantitative estimate of drug-likeness (QED) is 0.330. The number of nitrogens with two attached hydrogens (primary N) is 1. The first kappa shape index (κ1) is 21.7. The fourth-order valence-corrected chi connectivity index (χ4v) is 3.01. The molecule has 1 atom stereocenters. The Balaban J connectivity index is 3.04. The number of hydrogen-bond acceptors (Lipinski definition) is 3. The number of alkyl halides is 2. The maximum atomic E-state index is 13.3. The van der Waals surface area contributed by atoms with Crippen molar-refractivity contribution in [2.75, 3.05) is 6.54 Å². The Morgan fingerprint density at radius 2 is 2.16 bits per heavy atom. The Kier molecular flexibility index (Phi) is 8.62. The van der Waals surface area contributed by atoms with E-state index in [0.29, 0.717) is 33.7 Å². The predicted molar refractivity (Wildman–Crippen MR) is 100 cm³/mol. The molecule has 0 saturated carbocycles. The lowest BCUT2D eigenvalue weighted by atomic mass is 10.1. The van der Waals surface area contributed by atoms with Crippen molar-refractivity contribution in [3.05, 3.63) is 70.1 Å². The van der Waals surface area contributed by atoms with E-state index in [9.17, 15) is 13.2 Å². The van der Waals surface area contributed by atoms with E-state index < -0.39 is 17.2 Å². The van der Waals surface area contributed by atoms with Gasteiger partial charge in [0.1, 0.15) is 17.7 Å². The maximum absolute atomic E-state index is 13.3. The molecule has 0 bridgehead atoms. The molecule has 0 spiro atoms. The third kappa shape index (κ3) is 9.05. The lowest BCUT2D eigenvalue weighted by Gasteiger charge is -2.18. The minimum absolute atomic E-state index is 0.125. The molecule has 7 heteroatoms. The third-order valence-electron chi connectivity index (χ3n) is 2.91. The molecule has 0 aromatic carbocycles. The van der Waals surface area contributed by atoms with Crippen LogP contribution >= 0.6 is 23.4 Å².